The first-order valence-corrected chi connectivity index (χ1v) is 8.65. The van der Waals surface area contributed by atoms with Crippen LogP contribution in [0.3, 0.4) is 0 Å². The molecule has 124 valence electrons. The predicted molar refractivity (Wildman–Crippen MR) is 94.7 cm³/mol. The standard InChI is InChI=1S/C19H20ClN3O/c1-22-10-2-4-18(22)19-5-3-11-23(19)13-16-12-17(21-24-16)14-6-8-15(20)9-7-14/h2,4,6-10,12,19H,3,5,11,13H2,1H3. The Kier molecular flexibility index (Phi) is 4.17. The molecule has 0 amide bonds. The number of aromatic nitrogens is 2. The van der Waals surface area contributed by atoms with Crippen LogP contribution in [0.1, 0.15) is 30.3 Å². The van der Waals surface area contributed by atoms with E-state index in [1.54, 1.807) is 0 Å². The molecule has 5 heteroatoms. The number of hydrogen-bond donors (Lipinski definition) is 0. The van der Waals surface area contributed by atoms with Gasteiger partial charge in [-0.05, 0) is 43.7 Å². The summed E-state index contributed by atoms with van der Waals surface area (Å²) in [7, 11) is 2.11. The Morgan fingerprint density at radius 2 is 2.08 bits per heavy atom. The van der Waals surface area contributed by atoms with Crippen LogP contribution < -0.4 is 0 Å². The van der Waals surface area contributed by atoms with Gasteiger partial charge in [0.25, 0.3) is 0 Å². The smallest absolute Gasteiger partial charge is 0.151 e. The lowest BCUT2D eigenvalue weighted by Crippen LogP contribution is -2.23. The molecular formula is C19H20ClN3O. The van der Waals surface area contributed by atoms with Crippen LogP contribution in [0.5, 0.6) is 0 Å². The van der Waals surface area contributed by atoms with Crippen molar-refractivity contribution in [1.82, 2.24) is 14.6 Å². The summed E-state index contributed by atoms with van der Waals surface area (Å²) in [5.41, 5.74) is 3.25. The van der Waals surface area contributed by atoms with Gasteiger partial charge in [0.05, 0.1) is 12.6 Å². The summed E-state index contributed by atoms with van der Waals surface area (Å²) in [6, 6.07) is 14.5. The van der Waals surface area contributed by atoms with Gasteiger partial charge < -0.3 is 9.09 Å². The summed E-state index contributed by atoms with van der Waals surface area (Å²) in [6.45, 7) is 1.88. The minimum atomic E-state index is 0.453. The topological polar surface area (TPSA) is 34.2 Å². The maximum absolute atomic E-state index is 5.94. The summed E-state index contributed by atoms with van der Waals surface area (Å²) in [4.78, 5) is 2.47. The highest BCUT2D eigenvalue weighted by atomic mass is 35.5. The number of halogens is 1. The number of likely N-dealkylation sites (tertiary alicyclic amines) is 1. The van der Waals surface area contributed by atoms with E-state index < -0.39 is 0 Å². The number of aryl methyl sites for hydroxylation is 1. The van der Waals surface area contributed by atoms with Crippen LogP contribution in [-0.2, 0) is 13.6 Å². The lowest BCUT2D eigenvalue weighted by molar-refractivity contribution is 0.211. The van der Waals surface area contributed by atoms with Crippen molar-refractivity contribution in [2.24, 2.45) is 7.05 Å². The second-order valence-corrected chi connectivity index (χ2v) is 6.79. The molecule has 1 unspecified atom stereocenters. The zero-order valence-corrected chi connectivity index (χ0v) is 14.4. The van der Waals surface area contributed by atoms with E-state index in [2.05, 4.69) is 40.0 Å². The molecule has 1 aliphatic rings. The highest BCUT2D eigenvalue weighted by Gasteiger charge is 2.28. The van der Waals surface area contributed by atoms with Gasteiger partial charge in [0.1, 0.15) is 5.69 Å². The second-order valence-electron chi connectivity index (χ2n) is 6.36. The quantitative estimate of drug-likeness (QED) is 0.691. The molecule has 3 aromatic rings. The van der Waals surface area contributed by atoms with Crippen molar-refractivity contribution < 1.29 is 4.52 Å². The first-order chi connectivity index (χ1) is 11.7. The van der Waals surface area contributed by atoms with E-state index in [4.69, 9.17) is 16.1 Å². The Morgan fingerprint density at radius 1 is 1.25 bits per heavy atom. The summed E-state index contributed by atoms with van der Waals surface area (Å²) in [5.74, 6) is 0.904. The van der Waals surface area contributed by atoms with Crippen molar-refractivity contribution in [3.8, 4) is 11.3 Å². The van der Waals surface area contributed by atoms with Gasteiger partial charge in [0, 0.05) is 35.6 Å². The summed E-state index contributed by atoms with van der Waals surface area (Å²) in [5, 5.41) is 4.94. The van der Waals surface area contributed by atoms with E-state index in [0.717, 1.165) is 35.1 Å². The molecule has 0 spiro atoms. The van der Waals surface area contributed by atoms with Gasteiger partial charge >= 0.3 is 0 Å². The van der Waals surface area contributed by atoms with Crippen LogP contribution in [-0.4, -0.2) is 21.2 Å². The molecule has 2 aromatic heterocycles. The highest BCUT2D eigenvalue weighted by molar-refractivity contribution is 6.30. The molecule has 1 atom stereocenters. The number of nitrogens with zero attached hydrogens (tertiary/aromatic N) is 3. The molecule has 4 rings (SSSR count). The first-order valence-electron chi connectivity index (χ1n) is 8.27. The third-order valence-corrected chi connectivity index (χ3v) is 5.00. The second kappa shape index (κ2) is 6.46. The van der Waals surface area contributed by atoms with Crippen LogP contribution in [0.15, 0.2) is 53.2 Å². The molecule has 1 aromatic carbocycles. The van der Waals surface area contributed by atoms with Crippen LogP contribution >= 0.6 is 11.6 Å². The maximum atomic E-state index is 5.94. The Bertz CT molecular complexity index is 821. The lowest BCUT2D eigenvalue weighted by atomic mass is 10.1. The fourth-order valence-electron chi connectivity index (χ4n) is 3.52. The van der Waals surface area contributed by atoms with E-state index in [0.29, 0.717) is 6.04 Å². The molecule has 0 radical (unpaired) electrons. The van der Waals surface area contributed by atoms with Crippen molar-refractivity contribution in [3.63, 3.8) is 0 Å². The Labute approximate surface area is 146 Å². The Balaban J connectivity index is 1.51. The maximum Gasteiger partial charge on any atom is 0.151 e. The average molecular weight is 342 g/mol. The van der Waals surface area contributed by atoms with Crippen molar-refractivity contribution in [1.29, 1.82) is 0 Å². The van der Waals surface area contributed by atoms with Crippen molar-refractivity contribution in [2.75, 3.05) is 6.54 Å². The van der Waals surface area contributed by atoms with E-state index in [1.807, 2.05) is 30.3 Å². The Morgan fingerprint density at radius 3 is 2.83 bits per heavy atom. The normalized spacial score (nSPS) is 18.3. The van der Waals surface area contributed by atoms with Gasteiger partial charge in [-0.1, -0.05) is 28.9 Å². The van der Waals surface area contributed by atoms with E-state index >= 15 is 0 Å². The largest absolute Gasteiger partial charge is 0.359 e. The minimum absolute atomic E-state index is 0.453. The molecule has 3 heterocycles. The van der Waals surface area contributed by atoms with Crippen molar-refractivity contribution in [2.45, 2.75) is 25.4 Å². The van der Waals surface area contributed by atoms with Crippen LogP contribution in [0.2, 0.25) is 5.02 Å². The van der Waals surface area contributed by atoms with Crippen molar-refractivity contribution >= 4 is 11.6 Å². The molecule has 24 heavy (non-hydrogen) atoms. The molecular weight excluding hydrogens is 322 g/mol. The molecule has 0 saturated carbocycles. The third-order valence-electron chi connectivity index (χ3n) is 4.75. The molecule has 0 aliphatic carbocycles. The van der Waals surface area contributed by atoms with Gasteiger partial charge in [0.15, 0.2) is 5.76 Å². The van der Waals surface area contributed by atoms with Gasteiger partial charge in [-0.2, -0.15) is 0 Å². The summed E-state index contributed by atoms with van der Waals surface area (Å²) >= 11 is 5.94. The Hall–Kier alpha value is -2.04. The van der Waals surface area contributed by atoms with Crippen LogP contribution in [0.25, 0.3) is 11.3 Å². The zero-order valence-electron chi connectivity index (χ0n) is 13.7. The van der Waals surface area contributed by atoms with E-state index in [-0.39, 0.29) is 0 Å². The average Bonchev–Trinajstić information content (AvgIpc) is 3.30. The van der Waals surface area contributed by atoms with E-state index in [1.165, 1.54) is 18.5 Å². The van der Waals surface area contributed by atoms with Crippen LogP contribution in [0, 0.1) is 0 Å². The first kappa shape index (κ1) is 15.5. The summed E-state index contributed by atoms with van der Waals surface area (Å²) < 4.78 is 7.79. The molecule has 1 aliphatic heterocycles. The van der Waals surface area contributed by atoms with Gasteiger partial charge in [-0.15, -0.1) is 0 Å². The van der Waals surface area contributed by atoms with Gasteiger partial charge in [0.2, 0.25) is 0 Å². The third kappa shape index (κ3) is 2.99. The minimum Gasteiger partial charge on any atom is -0.359 e. The monoisotopic (exact) mass is 341 g/mol. The SMILES string of the molecule is Cn1cccc1C1CCCN1Cc1cc(-c2ccc(Cl)cc2)no1. The summed E-state index contributed by atoms with van der Waals surface area (Å²) in [6.07, 6.45) is 4.52. The number of hydrogen-bond acceptors (Lipinski definition) is 3. The van der Waals surface area contributed by atoms with Crippen molar-refractivity contribution in [3.05, 3.63) is 65.1 Å². The van der Waals surface area contributed by atoms with Gasteiger partial charge in [-0.3, -0.25) is 4.90 Å². The molecule has 1 saturated heterocycles. The number of benzene rings is 1. The fourth-order valence-corrected chi connectivity index (χ4v) is 3.64. The lowest BCUT2D eigenvalue weighted by Gasteiger charge is -2.23. The predicted octanol–water partition coefficient (Wildman–Crippen LogP) is 4.67. The van der Waals surface area contributed by atoms with Gasteiger partial charge in [-0.25, -0.2) is 0 Å². The van der Waals surface area contributed by atoms with Crippen LogP contribution in [0.4, 0.5) is 0 Å². The zero-order chi connectivity index (χ0) is 16.5. The molecule has 0 N–H and O–H groups in total. The van der Waals surface area contributed by atoms with E-state index in [9.17, 15) is 0 Å². The fraction of sp³-hybridized carbons (Fsp3) is 0.316. The molecule has 1 fully saturated rings. The molecule has 4 nitrogen and oxygen atoms in total. The number of rotatable bonds is 4. The molecule has 0 bridgehead atoms. The highest BCUT2D eigenvalue weighted by Crippen LogP contribution is 2.33.